The molecule has 0 radical (unpaired) electrons. The minimum absolute atomic E-state index is 0.0689. The molecule has 7 heteroatoms. The van der Waals surface area contributed by atoms with Gasteiger partial charge in [-0.25, -0.2) is 0 Å². The van der Waals surface area contributed by atoms with Crippen molar-refractivity contribution in [3.8, 4) is 5.75 Å². The number of thiocarbonyl (C=S) groups is 1. The number of hydrogen-bond donors (Lipinski definition) is 4. The lowest BCUT2D eigenvalue weighted by molar-refractivity contribution is -0.856. The van der Waals surface area contributed by atoms with Crippen LogP contribution in [0.5, 0.6) is 5.75 Å². The second-order valence-electron chi connectivity index (χ2n) is 4.99. The van der Waals surface area contributed by atoms with Gasteiger partial charge >= 0.3 is 0 Å². The number of rotatable bonds is 6. The Balaban J connectivity index is 2.16. The minimum atomic E-state index is -0.294. The van der Waals surface area contributed by atoms with Gasteiger partial charge in [-0.3, -0.25) is 15.6 Å². The zero-order chi connectivity index (χ0) is 15.7. The van der Waals surface area contributed by atoms with Gasteiger partial charge in [0.25, 0.3) is 5.91 Å². The number of nitrogens with one attached hydrogen (secondary N) is 4. The number of amides is 1. The number of carbonyl (C=O) groups excluding carboxylic acids is 1. The van der Waals surface area contributed by atoms with E-state index >= 15 is 0 Å². The van der Waals surface area contributed by atoms with Gasteiger partial charge in [0.2, 0.25) is 0 Å². The number of hydrazine groups is 1. The summed E-state index contributed by atoms with van der Waals surface area (Å²) in [5, 5.41) is 3.38. The van der Waals surface area contributed by atoms with Crippen LogP contribution < -0.4 is 25.8 Å². The first-order chi connectivity index (χ1) is 9.97. The van der Waals surface area contributed by atoms with Crippen LogP contribution in [0.25, 0.3) is 0 Å². The highest BCUT2D eigenvalue weighted by Crippen LogP contribution is 2.10. The molecule has 0 unspecified atom stereocenters. The number of hydrogen-bond acceptors (Lipinski definition) is 3. The Bertz CT molecular complexity index is 463. The molecular formula is C14H23N4O2S+. The third-order valence-electron chi connectivity index (χ3n) is 2.62. The van der Waals surface area contributed by atoms with E-state index in [0.29, 0.717) is 10.9 Å². The van der Waals surface area contributed by atoms with Crippen LogP contribution in [0.1, 0.15) is 5.56 Å². The maximum absolute atomic E-state index is 11.6. The van der Waals surface area contributed by atoms with Crippen molar-refractivity contribution in [3.05, 3.63) is 29.8 Å². The van der Waals surface area contributed by atoms with Gasteiger partial charge in [0.05, 0.1) is 27.2 Å². The van der Waals surface area contributed by atoms with Crippen LogP contribution in [-0.2, 0) is 4.79 Å². The molecule has 0 saturated heterocycles. The number of likely N-dealkylation sites (N-methyl/N-ethyl adjacent to an activating group) is 1. The lowest BCUT2D eigenvalue weighted by atomic mass is 10.2. The van der Waals surface area contributed by atoms with E-state index in [9.17, 15) is 4.79 Å². The zero-order valence-corrected chi connectivity index (χ0v) is 13.5. The molecule has 6 nitrogen and oxygen atoms in total. The zero-order valence-electron chi connectivity index (χ0n) is 12.7. The highest BCUT2D eigenvalue weighted by atomic mass is 32.1. The topological polar surface area (TPSA) is 66.8 Å². The molecule has 0 spiro atoms. The first kappa shape index (κ1) is 17.2. The van der Waals surface area contributed by atoms with Crippen molar-refractivity contribution in [1.29, 1.82) is 0 Å². The quantitative estimate of drug-likeness (QED) is 0.401. The molecule has 0 aromatic heterocycles. The Hall–Kier alpha value is -1.86. The molecule has 0 saturated carbocycles. The Morgan fingerprint density at radius 1 is 1.24 bits per heavy atom. The molecule has 21 heavy (non-hydrogen) atoms. The van der Waals surface area contributed by atoms with E-state index in [1.54, 1.807) is 0 Å². The molecular weight excluding hydrogens is 288 g/mol. The second kappa shape index (κ2) is 9.15. The van der Waals surface area contributed by atoms with Crippen LogP contribution in [-0.4, -0.2) is 44.8 Å². The second-order valence-corrected chi connectivity index (χ2v) is 5.40. The summed E-state index contributed by atoms with van der Waals surface area (Å²) in [7, 11) is 4.12. The van der Waals surface area contributed by atoms with Crippen molar-refractivity contribution in [3.63, 3.8) is 0 Å². The van der Waals surface area contributed by atoms with Gasteiger partial charge < -0.3 is 15.0 Å². The first-order valence-corrected chi connectivity index (χ1v) is 7.19. The molecule has 4 N–H and O–H groups in total. The fraction of sp³-hybridized carbons (Fsp3) is 0.429. The smallest absolute Gasteiger partial charge is 0.276 e. The van der Waals surface area contributed by atoms with Crippen LogP contribution in [0.15, 0.2) is 24.3 Å². The molecule has 1 rings (SSSR count). The lowest BCUT2D eigenvalue weighted by Crippen LogP contribution is -3.06. The predicted octanol–water partition coefficient (Wildman–Crippen LogP) is -0.986. The molecule has 0 heterocycles. The monoisotopic (exact) mass is 311 g/mol. The number of quaternary nitrogens is 1. The van der Waals surface area contributed by atoms with Gasteiger partial charge in [0.1, 0.15) is 5.75 Å². The Kier molecular flexibility index (Phi) is 7.49. The summed E-state index contributed by atoms with van der Waals surface area (Å²) in [5.74, 6) is 0.364. The highest BCUT2D eigenvalue weighted by molar-refractivity contribution is 7.80. The van der Waals surface area contributed by atoms with E-state index in [-0.39, 0.29) is 12.5 Å². The van der Waals surface area contributed by atoms with Gasteiger partial charge in [0.15, 0.2) is 11.7 Å². The van der Waals surface area contributed by atoms with Crippen molar-refractivity contribution in [2.75, 3.05) is 33.8 Å². The molecule has 0 aliphatic carbocycles. The first-order valence-electron chi connectivity index (χ1n) is 6.78. The molecule has 0 aliphatic heterocycles. The molecule has 0 bridgehead atoms. The van der Waals surface area contributed by atoms with Gasteiger partial charge in [-0.15, -0.1) is 0 Å². The van der Waals surface area contributed by atoms with Crippen molar-refractivity contribution >= 4 is 23.2 Å². The average molecular weight is 311 g/mol. The summed E-state index contributed by atoms with van der Waals surface area (Å²) in [6.07, 6.45) is 0. The van der Waals surface area contributed by atoms with Gasteiger partial charge in [-0.1, -0.05) is 17.7 Å². The normalized spacial score (nSPS) is 10.1. The number of aryl methyl sites for hydroxylation is 1. The fourth-order valence-electron chi connectivity index (χ4n) is 1.42. The van der Waals surface area contributed by atoms with E-state index in [2.05, 4.69) is 30.3 Å². The fourth-order valence-corrected chi connectivity index (χ4v) is 1.57. The summed E-state index contributed by atoms with van der Waals surface area (Å²) in [4.78, 5) is 12.9. The number of carbonyl (C=O) groups is 1. The van der Waals surface area contributed by atoms with Crippen LogP contribution in [0.4, 0.5) is 0 Å². The summed E-state index contributed by atoms with van der Waals surface area (Å²) in [6, 6.07) is 7.51. The van der Waals surface area contributed by atoms with Crippen molar-refractivity contribution in [2.45, 2.75) is 6.92 Å². The van der Waals surface area contributed by atoms with E-state index in [1.165, 1.54) is 4.90 Å². The molecule has 0 atom stereocenters. The molecule has 1 aromatic carbocycles. The summed E-state index contributed by atoms with van der Waals surface area (Å²) >= 11 is 5.03. The molecule has 1 aromatic rings. The van der Waals surface area contributed by atoms with Gasteiger partial charge in [0, 0.05) is 0 Å². The Morgan fingerprint density at radius 3 is 2.52 bits per heavy atom. The van der Waals surface area contributed by atoms with E-state index in [1.807, 2.05) is 31.2 Å². The Labute approximate surface area is 130 Å². The highest BCUT2D eigenvalue weighted by Gasteiger charge is 2.03. The van der Waals surface area contributed by atoms with Crippen LogP contribution in [0, 0.1) is 6.92 Å². The largest absolute Gasteiger partial charge is 0.484 e. The van der Waals surface area contributed by atoms with Crippen LogP contribution in [0.3, 0.4) is 0 Å². The lowest BCUT2D eigenvalue weighted by Gasteiger charge is -2.13. The van der Waals surface area contributed by atoms with Gasteiger partial charge in [-0.05, 0) is 31.3 Å². The van der Waals surface area contributed by atoms with Crippen molar-refractivity contribution in [1.82, 2.24) is 16.2 Å². The van der Waals surface area contributed by atoms with Crippen LogP contribution >= 0.6 is 12.2 Å². The standard InChI is InChI=1S/C14H22N4O2S/c1-11-4-6-12(7-5-11)20-10-13(19)16-17-14(21)15-8-9-18(2)3/h4-7H,8-10H2,1-3H3,(H,16,19)(H2,15,17,21)/p+1. The average Bonchev–Trinajstić information content (AvgIpc) is 2.44. The SMILES string of the molecule is Cc1ccc(OCC(=O)NNC(=S)NCC[NH+](C)C)cc1. The molecule has 1 amide bonds. The molecule has 0 aliphatic rings. The van der Waals surface area contributed by atoms with Gasteiger partial charge in [-0.2, -0.15) is 0 Å². The maximum atomic E-state index is 11.6. The van der Waals surface area contributed by atoms with Crippen molar-refractivity contribution in [2.24, 2.45) is 0 Å². The Morgan fingerprint density at radius 2 is 1.90 bits per heavy atom. The maximum Gasteiger partial charge on any atom is 0.276 e. The number of benzene rings is 1. The third kappa shape index (κ3) is 8.11. The third-order valence-corrected chi connectivity index (χ3v) is 2.86. The van der Waals surface area contributed by atoms with Crippen molar-refractivity contribution < 1.29 is 14.4 Å². The van der Waals surface area contributed by atoms with E-state index < -0.39 is 0 Å². The summed E-state index contributed by atoms with van der Waals surface area (Å²) in [6.45, 7) is 3.60. The van der Waals surface area contributed by atoms with E-state index in [4.69, 9.17) is 17.0 Å². The summed E-state index contributed by atoms with van der Waals surface area (Å²) < 4.78 is 5.35. The predicted molar refractivity (Wildman–Crippen MR) is 86.2 cm³/mol. The molecule has 0 fully saturated rings. The number of ether oxygens (including phenoxy) is 1. The van der Waals surface area contributed by atoms with Crippen LogP contribution in [0.2, 0.25) is 0 Å². The summed E-state index contributed by atoms with van der Waals surface area (Å²) in [5.41, 5.74) is 6.25. The molecule has 116 valence electrons. The van der Waals surface area contributed by atoms with E-state index in [0.717, 1.165) is 18.7 Å². The minimum Gasteiger partial charge on any atom is -0.484 e.